The van der Waals surface area contributed by atoms with Crippen LogP contribution in [-0.4, -0.2) is 36.3 Å². The van der Waals surface area contributed by atoms with Gasteiger partial charge in [0.15, 0.2) is 0 Å². The molecule has 2 rings (SSSR count). The first-order chi connectivity index (χ1) is 10.5. The van der Waals surface area contributed by atoms with Crippen molar-refractivity contribution in [1.82, 2.24) is 19.6 Å². The van der Waals surface area contributed by atoms with Crippen LogP contribution in [0.1, 0.15) is 19.4 Å². The first kappa shape index (κ1) is 16.7. The van der Waals surface area contributed by atoms with Gasteiger partial charge in [0.2, 0.25) is 10.0 Å². The monoisotopic (exact) mass is 322 g/mol. The number of benzene rings is 1. The van der Waals surface area contributed by atoms with Gasteiger partial charge in [-0.25, -0.2) is 18.1 Å². The van der Waals surface area contributed by atoms with Crippen LogP contribution in [0.25, 0.3) is 5.69 Å². The van der Waals surface area contributed by atoms with Crippen LogP contribution in [0.15, 0.2) is 43.0 Å². The maximum Gasteiger partial charge on any atom is 0.211 e. The molecule has 0 fully saturated rings. The predicted octanol–water partition coefficient (Wildman–Crippen LogP) is 1.29. The number of imidazole rings is 1. The quantitative estimate of drug-likeness (QED) is 0.768. The van der Waals surface area contributed by atoms with Gasteiger partial charge in [-0.05, 0) is 25.5 Å². The number of aromatic nitrogens is 2. The Morgan fingerprint density at radius 3 is 2.77 bits per heavy atom. The highest BCUT2D eigenvalue weighted by Gasteiger charge is 2.10. The van der Waals surface area contributed by atoms with Gasteiger partial charge in [-0.3, -0.25) is 0 Å². The Balaban J connectivity index is 1.95. The molecular weight excluding hydrogens is 300 g/mol. The van der Waals surface area contributed by atoms with Gasteiger partial charge in [0.1, 0.15) is 0 Å². The van der Waals surface area contributed by atoms with Crippen molar-refractivity contribution in [2.45, 2.75) is 26.4 Å². The fraction of sp³-hybridized carbons (Fsp3) is 0.400. The summed E-state index contributed by atoms with van der Waals surface area (Å²) in [7, 11) is -3.14. The number of sulfonamides is 1. The molecule has 0 amide bonds. The summed E-state index contributed by atoms with van der Waals surface area (Å²) < 4.78 is 27.4. The van der Waals surface area contributed by atoms with Gasteiger partial charge in [-0.15, -0.1) is 0 Å². The molecule has 0 spiro atoms. The van der Waals surface area contributed by atoms with Gasteiger partial charge < -0.3 is 9.88 Å². The fourth-order valence-corrected chi connectivity index (χ4v) is 2.73. The lowest BCUT2D eigenvalue weighted by Gasteiger charge is -2.16. The molecule has 0 aliphatic carbocycles. The number of rotatable bonds is 8. The maximum atomic E-state index is 11.4. The van der Waals surface area contributed by atoms with E-state index in [1.807, 2.05) is 42.0 Å². The highest BCUT2D eigenvalue weighted by Crippen LogP contribution is 2.13. The molecule has 6 nitrogen and oxygen atoms in total. The molecule has 0 radical (unpaired) electrons. The molecule has 0 aliphatic heterocycles. The predicted molar refractivity (Wildman–Crippen MR) is 87.3 cm³/mol. The Morgan fingerprint density at radius 2 is 2.09 bits per heavy atom. The molecule has 0 saturated heterocycles. The zero-order chi connectivity index (χ0) is 16.0. The van der Waals surface area contributed by atoms with Gasteiger partial charge in [0.05, 0.1) is 17.8 Å². The molecule has 120 valence electrons. The van der Waals surface area contributed by atoms with Crippen LogP contribution in [-0.2, 0) is 16.6 Å². The van der Waals surface area contributed by atoms with E-state index in [1.165, 1.54) is 0 Å². The molecule has 1 unspecified atom stereocenters. The van der Waals surface area contributed by atoms with Crippen molar-refractivity contribution in [3.8, 4) is 5.69 Å². The van der Waals surface area contributed by atoms with E-state index in [2.05, 4.69) is 15.0 Å². The highest BCUT2D eigenvalue weighted by molar-refractivity contribution is 7.89. The van der Waals surface area contributed by atoms with E-state index in [-0.39, 0.29) is 11.8 Å². The summed E-state index contributed by atoms with van der Waals surface area (Å²) in [5, 5.41) is 3.34. The second-order valence-corrected chi connectivity index (χ2v) is 7.23. The molecule has 22 heavy (non-hydrogen) atoms. The molecule has 1 aromatic carbocycles. The molecule has 1 aromatic heterocycles. The van der Waals surface area contributed by atoms with Crippen LogP contribution in [0.2, 0.25) is 0 Å². The van der Waals surface area contributed by atoms with E-state index in [9.17, 15) is 8.42 Å². The lowest BCUT2D eigenvalue weighted by Crippen LogP contribution is -2.39. The molecule has 7 heteroatoms. The van der Waals surface area contributed by atoms with Crippen molar-refractivity contribution in [1.29, 1.82) is 0 Å². The van der Waals surface area contributed by atoms with E-state index in [0.29, 0.717) is 13.1 Å². The van der Waals surface area contributed by atoms with Crippen LogP contribution < -0.4 is 10.0 Å². The van der Waals surface area contributed by atoms with Crippen LogP contribution in [0, 0.1) is 0 Å². The lowest BCUT2D eigenvalue weighted by atomic mass is 10.1. The van der Waals surface area contributed by atoms with Gasteiger partial charge in [-0.1, -0.05) is 18.2 Å². The van der Waals surface area contributed by atoms with Gasteiger partial charge >= 0.3 is 0 Å². The third kappa shape index (κ3) is 4.66. The number of hydrogen-bond donors (Lipinski definition) is 2. The van der Waals surface area contributed by atoms with Gasteiger partial charge in [0, 0.05) is 31.5 Å². The smallest absolute Gasteiger partial charge is 0.211 e. The average molecular weight is 322 g/mol. The Kier molecular flexibility index (Phi) is 5.70. The molecule has 1 heterocycles. The van der Waals surface area contributed by atoms with Crippen molar-refractivity contribution in [3.05, 3.63) is 48.5 Å². The third-order valence-electron chi connectivity index (χ3n) is 3.40. The minimum absolute atomic E-state index is 0.0390. The van der Waals surface area contributed by atoms with Crippen molar-refractivity contribution in [3.63, 3.8) is 0 Å². The summed E-state index contributed by atoms with van der Waals surface area (Å²) in [4.78, 5) is 4.07. The lowest BCUT2D eigenvalue weighted by molar-refractivity contribution is 0.524. The molecule has 0 bridgehead atoms. The minimum atomic E-state index is -3.14. The number of hydrogen-bond acceptors (Lipinski definition) is 4. The number of nitrogens with one attached hydrogen (secondary N) is 2. The van der Waals surface area contributed by atoms with Crippen LogP contribution in [0.3, 0.4) is 0 Å². The Hall–Kier alpha value is -1.70. The summed E-state index contributed by atoms with van der Waals surface area (Å²) in [6.07, 6.45) is 5.40. The van der Waals surface area contributed by atoms with E-state index in [4.69, 9.17) is 0 Å². The van der Waals surface area contributed by atoms with Crippen molar-refractivity contribution >= 4 is 10.0 Å². The zero-order valence-electron chi connectivity index (χ0n) is 12.9. The zero-order valence-corrected chi connectivity index (χ0v) is 13.7. The second-order valence-electron chi connectivity index (χ2n) is 5.13. The van der Waals surface area contributed by atoms with Crippen molar-refractivity contribution in [2.75, 3.05) is 12.3 Å². The largest absolute Gasteiger partial charge is 0.309 e. The second kappa shape index (κ2) is 7.53. The van der Waals surface area contributed by atoms with Crippen LogP contribution in [0.4, 0.5) is 0 Å². The Morgan fingerprint density at radius 1 is 1.32 bits per heavy atom. The topological polar surface area (TPSA) is 76.0 Å². The SMILES string of the molecule is CCS(=O)(=O)NCC(C)NCc1ccccc1-n1ccnc1. The maximum absolute atomic E-state index is 11.4. The molecule has 1 atom stereocenters. The Labute approximate surface area is 131 Å². The fourth-order valence-electron chi connectivity index (χ4n) is 2.02. The summed E-state index contributed by atoms with van der Waals surface area (Å²) >= 11 is 0. The van der Waals surface area contributed by atoms with E-state index < -0.39 is 10.0 Å². The standard InChI is InChI=1S/C15H22N4O2S/c1-3-22(20,21)18-10-13(2)17-11-14-6-4-5-7-15(14)19-9-8-16-12-19/h4-9,12-13,17-18H,3,10-11H2,1-2H3. The molecular formula is C15H22N4O2S. The van der Waals surface area contributed by atoms with Crippen LogP contribution >= 0.6 is 0 Å². The van der Waals surface area contributed by atoms with Gasteiger partial charge in [0.25, 0.3) is 0 Å². The molecule has 0 saturated carbocycles. The minimum Gasteiger partial charge on any atom is -0.309 e. The van der Waals surface area contributed by atoms with E-state index >= 15 is 0 Å². The summed E-state index contributed by atoms with van der Waals surface area (Å²) in [6, 6.07) is 8.09. The number of para-hydroxylation sites is 1. The van der Waals surface area contributed by atoms with E-state index in [1.54, 1.807) is 19.4 Å². The summed E-state index contributed by atoms with van der Waals surface area (Å²) in [6.45, 7) is 4.62. The van der Waals surface area contributed by atoms with Crippen LogP contribution in [0.5, 0.6) is 0 Å². The highest BCUT2D eigenvalue weighted by atomic mass is 32.2. The first-order valence-corrected chi connectivity index (χ1v) is 8.94. The first-order valence-electron chi connectivity index (χ1n) is 7.29. The van der Waals surface area contributed by atoms with Crippen molar-refractivity contribution < 1.29 is 8.42 Å². The van der Waals surface area contributed by atoms with Crippen molar-refractivity contribution in [2.24, 2.45) is 0 Å². The summed E-state index contributed by atoms with van der Waals surface area (Å²) in [5.74, 6) is 0.100. The third-order valence-corrected chi connectivity index (χ3v) is 4.77. The molecule has 2 N–H and O–H groups in total. The summed E-state index contributed by atoms with van der Waals surface area (Å²) in [5.41, 5.74) is 2.19. The Bertz CT molecular complexity index is 683. The average Bonchev–Trinajstić information content (AvgIpc) is 3.05. The molecule has 2 aromatic rings. The van der Waals surface area contributed by atoms with E-state index in [0.717, 1.165) is 11.3 Å². The number of nitrogens with zero attached hydrogens (tertiary/aromatic N) is 2. The molecule has 0 aliphatic rings. The normalized spacial score (nSPS) is 13.2. The van der Waals surface area contributed by atoms with Gasteiger partial charge in [-0.2, -0.15) is 0 Å².